The quantitative estimate of drug-likeness (QED) is 0.316. The van der Waals surface area contributed by atoms with Crippen molar-refractivity contribution >= 4 is 18.2 Å². The van der Waals surface area contributed by atoms with Crippen LogP contribution in [0.25, 0.3) is 0 Å². The number of carbonyl (C=O) groups excluding carboxylic acids is 3. The topological polar surface area (TPSA) is 98.7 Å². The van der Waals surface area contributed by atoms with Gasteiger partial charge in [-0.2, -0.15) is 0 Å². The van der Waals surface area contributed by atoms with Crippen molar-refractivity contribution in [2.24, 2.45) is 11.3 Å². The summed E-state index contributed by atoms with van der Waals surface area (Å²) in [6, 6.07) is 6.76. The molecule has 0 aromatic heterocycles. The molecule has 0 saturated heterocycles. The molecular weight excluding hydrogens is 370 g/mol. The van der Waals surface area contributed by atoms with E-state index < -0.39 is 23.4 Å². The molecule has 1 aromatic rings. The van der Waals surface area contributed by atoms with Gasteiger partial charge in [0.15, 0.2) is 0 Å². The molecule has 1 aromatic carbocycles. The average Bonchev–Trinajstić information content (AvgIpc) is 2.68. The number of nitrogens with zero attached hydrogens (tertiary/aromatic N) is 1. The van der Waals surface area contributed by atoms with Crippen LogP contribution in [0.15, 0.2) is 24.3 Å². The second-order valence-electron chi connectivity index (χ2n) is 8.63. The molecule has 1 rings (SSSR count). The summed E-state index contributed by atoms with van der Waals surface area (Å²) in [5.74, 6) is -1.29. The molecule has 0 aliphatic heterocycles. The molecule has 162 valence electrons. The van der Waals surface area contributed by atoms with Crippen molar-refractivity contribution in [1.29, 1.82) is 0 Å². The molecule has 29 heavy (non-hydrogen) atoms. The molecule has 3 amide bonds. The van der Waals surface area contributed by atoms with E-state index in [0.717, 1.165) is 12.0 Å². The number of hydrogen-bond acceptors (Lipinski definition) is 4. The van der Waals surface area contributed by atoms with E-state index in [4.69, 9.17) is 0 Å². The first kappa shape index (κ1) is 24.6. The molecular formula is C22H35N3O4. The van der Waals surface area contributed by atoms with E-state index in [1.807, 2.05) is 39.8 Å². The number of hydroxylamine groups is 2. The Kier molecular flexibility index (Phi) is 9.30. The van der Waals surface area contributed by atoms with Gasteiger partial charge in [0.2, 0.25) is 18.2 Å². The Morgan fingerprint density at radius 1 is 1.17 bits per heavy atom. The lowest BCUT2D eigenvalue weighted by atomic mass is 9.85. The second-order valence-corrected chi connectivity index (χ2v) is 8.63. The second kappa shape index (κ2) is 11.0. The molecule has 7 nitrogen and oxygen atoms in total. The molecule has 0 bridgehead atoms. The fraction of sp³-hybridized carbons (Fsp3) is 0.591. The first-order valence-corrected chi connectivity index (χ1v) is 10.0. The summed E-state index contributed by atoms with van der Waals surface area (Å²) in [6.07, 6.45) is 2.25. The van der Waals surface area contributed by atoms with Crippen LogP contribution in [0.2, 0.25) is 0 Å². The van der Waals surface area contributed by atoms with Gasteiger partial charge in [-0.1, -0.05) is 50.6 Å². The summed E-state index contributed by atoms with van der Waals surface area (Å²) in [5, 5.41) is 15.8. The maximum absolute atomic E-state index is 13.0. The van der Waals surface area contributed by atoms with E-state index in [-0.39, 0.29) is 11.8 Å². The molecule has 0 saturated carbocycles. The predicted molar refractivity (Wildman–Crippen MR) is 112 cm³/mol. The zero-order chi connectivity index (χ0) is 22.2. The van der Waals surface area contributed by atoms with Gasteiger partial charge in [-0.3, -0.25) is 19.6 Å². The monoisotopic (exact) mass is 405 g/mol. The lowest BCUT2D eigenvalue weighted by molar-refractivity contribution is -0.166. The van der Waals surface area contributed by atoms with Gasteiger partial charge in [-0.15, -0.1) is 0 Å². The molecule has 0 fully saturated rings. The Morgan fingerprint density at radius 3 is 2.24 bits per heavy atom. The number of hydrogen-bond donors (Lipinski definition) is 3. The van der Waals surface area contributed by atoms with Crippen LogP contribution >= 0.6 is 0 Å². The van der Waals surface area contributed by atoms with Crippen LogP contribution in [0.5, 0.6) is 0 Å². The lowest BCUT2D eigenvalue weighted by Gasteiger charge is -2.33. The predicted octanol–water partition coefficient (Wildman–Crippen LogP) is 2.45. The number of benzene rings is 1. The molecule has 7 heteroatoms. The number of aryl methyl sites for hydroxylation is 2. The highest BCUT2D eigenvalue weighted by atomic mass is 16.5. The molecule has 0 heterocycles. The van der Waals surface area contributed by atoms with Crippen molar-refractivity contribution < 1.29 is 19.6 Å². The minimum Gasteiger partial charge on any atom is -0.357 e. The zero-order valence-corrected chi connectivity index (χ0v) is 18.4. The van der Waals surface area contributed by atoms with E-state index >= 15 is 0 Å². The summed E-state index contributed by atoms with van der Waals surface area (Å²) in [4.78, 5) is 36.3. The SMILES string of the molecule is CNC(=O)C(NC(=O)C(CCCc1ccc(C)cc1)[C@H](C)N(O)C=O)C(C)(C)C. The number of likely N-dealkylation sites (N-methyl/N-ethyl adjacent to an activating group) is 1. The molecule has 0 aliphatic carbocycles. The van der Waals surface area contributed by atoms with Crippen molar-refractivity contribution in [2.45, 2.75) is 66.0 Å². The summed E-state index contributed by atoms with van der Waals surface area (Å²) in [6.45, 7) is 9.25. The van der Waals surface area contributed by atoms with Gasteiger partial charge in [0.25, 0.3) is 0 Å². The molecule has 2 unspecified atom stereocenters. The molecule has 3 atom stereocenters. The normalized spacial score (nSPS) is 14.4. The van der Waals surface area contributed by atoms with E-state index in [0.29, 0.717) is 24.3 Å². The van der Waals surface area contributed by atoms with Gasteiger partial charge in [0.1, 0.15) is 6.04 Å². The molecule has 0 spiro atoms. The summed E-state index contributed by atoms with van der Waals surface area (Å²) < 4.78 is 0. The zero-order valence-electron chi connectivity index (χ0n) is 18.4. The number of nitrogens with one attached hydrogen (secondary N) is 2. The molecule has 0 radical (unpaired) electrons. The van der Waals surface area contributed by atoms with Gasteiger partial charge >= 0.3 is 0 Å². The van der Waals surface area contributed by atoms with E-state index in [1.165, 1.54) is 12.6 Å². The fourth-order valence-electron chi connectivity index (χ4n) is 3.22. The lowest BCUT2D eigenvalue weighted by Crippen LogP contribution is -2.56. The number of carbonyl (C=O) groups is 3. The Morgan fingerprint density at radius 2 is 1.76 bits per heavy atom. The van der Waals surface area contributed by atoms with E-state index in [1.54, 1.807) is 6.92 Å². The third kappa shape index (κ3) is 7.49. The Balaban J connectivity index is 2.92. The highest BCUT2D eigenvalue weighted by Gasteiger charge is 2.36. The third-order valence-corrected chi connectivity index (χ3v) is 5.21. The average molecular weight is 406 g/mol. The minimum absolute atomic E-state index is 0.284. The van der Waals surface area contributed by atoms with Crippen molar-refractivity contribution in [3.63, 3.8) is 0 Å². The smallest absolute Gasteiger partial charge is 0.242 e. The first-order valence-electron chi connectivity index (χ1n) is 10.0. The largest absolute Gasteiger partial charge is 0.357 e. The van der Waals surface area contributed by atoms with Crippen LogP contribution in [0.4, 0.5) is 0 Å². The first-order chi connectivity index (χ1) is 13.5. The fourth-order valence-corrected chi connectivity index (χ4v) is 3.22. The van der Waals surface area contributed by atoms with Gasteiger partial charge in [0.05, 0.1) is 12.0 Å². The maximum atomic E-state index is 13.0. The van der Waals surface area contributed by atoms with Crippen molar-refractivity contribution in [3.05, 3.63) is 35.4 Å². The van der Waals surface area contributed by atoms with Crippen molar-refractivity contribution in [1.82, 2.24) is 15.7 Å². The van der Waals surface area contributed by atoms with Gasteiger partial charge < -0.3 is 10.6 Å². The Hall–Kier alpha value is -2.41. The van der Waals surface area contributed by atoms with Gasteiger partial charge in [-0.25, -0.2) is 5.06 Å². The minimum atomic E-state index is -0.727. The third-order valence-electron chi connectivity index (χ3n) is 5.21. The number of amides is 3. The van der Waals surface area contributed by atoms with Crippen molar-refractivity contribution in [3.8, 4) is 0 Å². The van der Waals surface area contributed by atoms with Crippen LogP contribution in [0.1, 0.15) is 51.7 Å². The van der Waals surface area contributed by atoms with Crippen LogP contribution in [-0.2, 0) is 20.8 Å². The van der Waals surface area contributed by atoms with Gasteiger partial charge in [0, 0.05) is 7.05 Å². The highest BCUT2D eigenvalue weighted by Crippen LogP contribution is 2.23. The van der Waals surface area contributed by atoms with Crippen LogP contribution < -0.4 is 10.6 Å². The van der Waals surface area contributed by atoms with Crippen LogP contribution in [0, 0.1) is 18.3 Å². The Bertz CT molecular complexity index is 682. The van der Waals surface area contributed by atoms with Crippen LogP contribution in [-0.4, -0.2) is 47.6 Å². The molecule has 0 aliphatic rings. The van der Waals surface area contributed by atoms with E-state index in [9.17, 15) is 19.6 Å². The summed E-state index contributed by atoms with van der Waals surface area (Å²) in [7, 11) is 1.52. The maximum Gasteiger partial charge on any atom is 0.242 e. The van der Waals surface area contributed by atoms with Crippen molar-refractivity contribution in [2.75, 3.05) is 7.05 Å². The molecule has 3 N–H and O–H groups in total. The standard InChI is InChI=1S/C22H35N3O4/c1-15-10-12-17(13-11-15)8-7-9-18(16(2)25(29)14-26)20(27)24-19(21(28)23-6)22(3,4)5/h10-14,16,18-19,29H,7-9H2,1-6H3,(H,23,28)(H,24,27)/t16-,18?,19?/m0/s1. The van der Waals surface area contributed by atoms with Gasteiger partial charge in [-0.05, 0) is 44.1 Å². The van der Waals surface area contributed by atoms with E-state index in [2.05, 4.69) is 22.8 Å². The summed E-state index contributed by atoms with van der Waals surface area (Å²) in [5.41, 5.74) is 1.86. The highest BCUT2D eigenvalue weighted by molar-refractivity contribution is 5.89. The summed E-state index contributed by atoms with van der Waals surface area (Å²) >= 11 is 0. The Labute approximate surface area is 173 Å². The van der Waals surface area contributed by atoms with Crippen LogP contribution in [0.3, 0.4) is 0 Å². The number of rotatable bonds is 10.